The van der Waals surface area contributed by atoms with Crippen molar-refractivity contribution in [1.82, 2.24) is 10.2 Å². The number of amides is 2. The van der Waals surface area contributed by atoms with Crippen LogP contribution >= 0.6 is 23.2 Å². The molecule has 220 valence electrons. The van der Waals surface area contributed by atoms with Gasteiger partial charge in [0.25, 0.3) is 10.0 Å². The number of rotatable bonds is 13. The van der Waals surface area contributed by atoms with E-state index in [2.05, 4.69) is 5.32 Å². The van der Waals surface area contributed by atoms with Crippen molar-refractivity contribution in [2.24, 2.45) is 0 Å². The summed E-state index contributed by atoms with van der Waals surface area (Å²) >= 11 is 12.9. The lowest BCUT2D eigenvalue weighted by molar-refractivity contribution is -0.140. The lowest BCUT2D eigenvalue weighted by Gasteiger charge is -2.34. The summed E-state index contributed by atoms with van der Waals surface area (Å²) in [5.74, 6) is -0.533. The summed E-state index contributed by atoms with van der Waals surface area (Å²) in [6.07, 6.45) is 0.978. The van der Waals surface area contributed by atoms with Crippen molar-refractivity contribution in [3.8, 4) is 5.75 Å². The third-order valence-corrected chi connectivity index (χ3v) is 9.22. The Morgan fingerprint density at radius 2 is 1.56 bits per heavy atom. The minimum Gasteiger partial charge on any atom is -0.497 e. The number of anilines is 1. The summed E-state index contributed by atoms with van der Waals surface area (Å²) in [6.45, 7) is 4.92. The van der Waals surface area contributed by atoms with E-state index < -0.39 is 28.5 Å². The molecular formula is C30H35Cl2N3O5S. The minimum absolute atomic E-state index is 0.0119. The van der Waals surface area contributed by atoms with E-state index in [4.69, 9.17) is 27.9 Å². The first-order valence-electron chi connectivity index (χ1n) is 13.3. The molecule has 0 unspecified atom stereocenters. The standard InChI is InChI=1S/C30H35Cl2N3O5S/c1-5-21(3)33-30(37)28(6-2)34(19-25-26(31)16-11-17-27(25)32)29(36)20-35(22-12-10-13-23(18-22)40-4)41(38,39)24-14-8-7-9-15-24/h7-18,21,28H,5-6,19-20H2,1-4H3,(H,33,37)/t21-,28+/m0/s1. The lowest BCUT2D eigenvalue weighted by Crippen LogP contribution is -2.53. The fraction of sp³-hybridized carbons (Fsp3) is 0.333. The third-order valence-electron chi connectivity index (χ3n) is 6.73. The molecule has 0 aliphatic rings. The molecule has 0 heterocycles. The van der Waals surface area contributed by atoms with Crippen molar-refractivity contribution in [2.75, 3.05) is 18.0 Å². The normalized spacial score (nSPS) is 12.7. The molecule has 8 nitrogen and oxygen atoms in total. The molecule has 0 aromatic heterocycles. The molecule has 0 spiro atoms. The Kier molecular flexibility index (Phi) is 11.5. The largest absolute Gasteiger partial charge is 0.497 e. The van der Waals surface area contributed by atoms with Crippen molar-refractivity contribution in [3.05, 3.63) is 88.4 Å². The van der Waals surface area contributed by atoms with Crippen LogP contribution in [0.15, 0.2) is 77.7 Å². The van der Waals surface area contributed by atoms with E-state index in [0.717, 1.165) is 4.31 Å². The molecule has 3 aromatic rings. The van der Waals surface area contributed by atoms with Gasteiger partial charge in [0.2, 0.25) is 11.8 Å². The van der Waals surface area contributed by atoms with Gasteiger partial charge in [0.1, 0.15) is 18.3 Å². The molecule has 3 aromatic carbocycles. The zero-order valence-corrected chi connectivity index (χ0v) is 25.8. The van der Waals surface area contributed by atoms with Gasteiger partial charge in [0, 0.05) is 34.3 Å². The fourth-order valence-corrected chi connectivity index (χ4v) is 6.17. The highest BCUT2D eigenvalue weighted by Gasteiger charge is 2.34. The number of hydrogen-bond donors (Lipinski definition) is 1. The number of carbonyl (C=O) groups is 2. The Morgan fingerprint density at radius 1 is 0.927 bits per heavy atom. The molecule has 0 aliphatic heterocycles. The molecule has 0 bridgehead atoms. The van der Waals surface area contributed by atoms with Crippen LogP contribution in [0.1, 0.15) is 39.2 Å². The third kappa shape index (κ3) is 7.93. The molecule has 0 saturated carbocycles. The van der Waals surface area contributed by atoms with Crippen LogP contribution in [0.25, 0.3) is 0 Å². The molecule has 2 amide bonds. The van der Waals surface area contributed by atoms with Gasteiger partial charge in [-0.15, -0.1) is 0 Å². The molecule has 2 atom stereocenters. The number of ether oxygens (including phenoxy) is 1. The minimum atomic E-state index is -4.19. The second kappa shape index (κ2) is 14.6. The molecule has 3 rings (SSSR count). The first-order valence-corrected chi connectivity index (χ1v) is 15.5. The average molecular weight is 621 g/mol. The predicted octanol–water partition coefficient (Wildman–Crippen LogP) is 5.92. The quantitative estimate of drug-likeness (QED) is 0.256. The lowest BCUT2D eigenvalue weighted by atomic mass is 10.1. The van der Waals surface area contributed by atoms with Crippen LogP contribution in [0.4, 0.5) is 5.69 Å². The molecular weight excluding hydrogens is 585 g/mol. The second-order valence-electron chi connectivity index (χ2n) is 9.49. The van der Waals surface area contributed by atoms with Crippen LogP contribution in [0.5, 0.6) is 5.75 Å². The number of hydrogen-bond acceptors (Lipinski definition) is 5. The van der Waals surface area contributed by atoms with Gasteiger partial charge >= 0.3 is 0 Å². The molecule has 0 fully saturated rings. The van der Waals surface area contributed by atoms with Gasteiger partial charge in [-0.25, -0.2) is 8.42 Å². The Labute approximate surface area is 252 Å². The van der Waals surface area contributed by atoms with Gasteiger partial charge in [-0.05, 0) is 56.2 Å². The first-order chi connectivity index (χ1) is 19.5. The molecule has 0 radical (unpaired) electrons. The average Bonchev–Trinajstić information content (AvgIpc) is 2.97. The summed E-state index contributed by atoms with van der Waals surface area (Å²) < 4.78 is 34.2. The van der Waals surface area contributed by atoms with Crippen LogP contribution in [-0.2, 0) is 26.2 Å². The van der Waals surface area contributed by atoms with Crippen molar-refractivity contribution < 1.29 is 22.7 Å². The summed E-state index contributed by atoms with van der Waals surface area (Å²) in [4.78, 5) is 28.9. The Bertz CT molecular complexity index is 1430. The van der Waals surface area contributed by atoms with Crippen LogP contribution in [0, 0.1) is 0 Å². The topological polar surface area (TPSA) is 96.0 Å². The van der Waals surface area contributed by atoms with Crippen molar-refractivity contribution in [2.45, 2.75) is 57.1 Å². The van der Waals surface area contributed by atoms with E-state index in [9.17, 15) is 18.0 Å². The van der Waals surface area contributed by atoms with Gasteiger partial charge in [-0.1, -0.05) is 67.4 Å². The molecule has 0 aliphatic carbocycles. The van der Waals surface area contributed by atoms with Gasteiger partial charge in [0.05, 0.1) is 17.7 Å². The Morgan fingerprint density at radius 3 is 2.15 bits per heavy atom. The van der Waals surface area contributed by atoms with Crippen LogP contribution in [0.3, 0.4) is 0 Å². The molecule has 41 heavy (non-hydrogen) atoms. The number of methoxy groups -OCH3 is 1. The number of nitrogens with zero attached hydrogens (tertiary/aromatic N) is 2. The number of carbonyl (C=O) groups excluding carboxylic acids is 2. The van der Waals surface area contributed by atoms with Gasteiger partial charge < -0.3 is 15.0 Å². The number of benzene rings is 3. The van der Waals surface area contributed by atoms with Crippen molar-refractivity contribution in [1.29, 1.82) is 0 Å². The van der Waals surface area contributed by atoms with E-state index in [0.29, 0.717) is 27.8 Å². The highest BCUT2D eigenvalue weighted by molar-refractivity contribution is 7.92. The highest BCUT2D eigenvalue weighted by Crippen LogP contribution is 2.30. The summed E-state index contributed by atoms with van der Waals surface area (Å²) in [5.41, 5.74) is 0.687. The molecule has 0 saturated heterocycles. The van der Waals surface area contributed by atoms with E-state index in [1.165, 1.54) is 30.2 Å². The van der Waals surface area contributed by atoms with Crippen LogP contribution in [-0.4, -0.2) is 50.9 Å². The van der Waals surface area contributed by atoms with Gasteiger partial charge in [0.15, 0.2) is 0 Å². The number of sulfonamides is 1. The van der Waals surface area contributed by atoms with E-state index >= 15 is 0 Å². The zero-order valence-electron chi connectivity index (χ0n) is 23.5. The predicted molar refractivity (Wildman–Crippen MR) is 163 cm³/mol. The zero-order chi connectivity index (χ0) is 30.2. The molecule has 11 heteroatoms. The highest BCUT2D eigenvalue weighted by atomic mass is 35.5. The molecule has 1 N–H and O–H groups in total. The maximum atomic E-state index is 14.2. The van der Waals surface area contributed by atoms with Gasteiger partial charge in [-0.2, -0.15) is 0 Å². The van der Waals surface area contributed by atoms with E-state index in [1.807, 2.05) is 13.8 Å². The maximum absolute atomic E-state index is 14.2. The fourth-order valence-electron chi connectivity index (χ4n) is 4.23. The summed E-state index contributed by atoms with van der Waals surface area (Å²) in [6, 6.07) is 18.2. The Hall–Kier alpha value is -3.27. The smallest absolute Gasteiger partial charge is 0.264 e. The SMILES string of the molecule is CC[C@H](C(=O)N[C@@H](C)CC)N(Cc1c(Cl)cccc1Cl)C(=O)CN(c1cccc(OC)c1)S(=O)(=O)c1ccccc1. The number of nitrogens with one attached hydrogen (secondary N) is 1. The monoisotopic (exact) mass is 619 g/mol. The Balaban J connectivity index is 2.11. The van der Waals surface area contributed by atoms with Crippen LogP contribution in [0.2, 0.25) is 10.0 Å². The summed E-state index contributed by atoms with van der Waals surface area (Å²) in [5, 5.41) is 3.60. The second-order valence-corrected chi connectivity index (χ2v) is 12.2. The maximum Gasteiger partial charge on any atom is 0.264 e. The first kappa shape index (κ1) is 32.2. The van der Waals surface area contributed by atoms with Crippen molar-refractivity contribution in [3.63, 3.8) is 0 Å². The van der Waals surface area contributed by atoms with E-state index in [1.54, 1.807) is 61.5 Å². The van der Waals surface area contributed by atoms with Crippen LogP contribution < -0.4 is 14.4 Å². The van der Waals surface area contributed by atoms with Crippen molar-refractivity contribution >= 4 is 50.7 Å². The number of halogens is 2. The van der Waals surface area contributed by atoms with E-state index in [-0.39, 0.29) is 35.5 Å². The van der Waals surface area contributed by atoms with Gasteiger partial charge in [-0.3, -0.25) is 13.9 Å². The summed E-state index contributed by atoms with van der Waals surface area (Å²) in [7, 11) is -2.73.